The van der Waals surface area contributed by atoms with Crippen molar-refractivity contribution >= 4 is 5.91 Å². The first-order valence-corrected chi connectivity index (χ1v) is 8.18. The molecule has 0 atom stereocenters. The average molecular weight is 338 g/mol. The van der Waals surface area contributed by atoms with Gasteiger partial charge in [-0.2, -0.15) is 5.10 Å². The van der Waals surface area contributed by atoms with Crippen LogP contribution in [0.4, 0.5) is 0 Å². The zero-order chi connectivity index (χ0) is 18.1. The highest BCUT2D eigenvalue weighted by atomic mass is 16.5. The molecule has 0 saturated carbocycles. The lowest BCUT2D eigenvalue weighted by Gasteiger charge is -2.16. The fourth-order valence-corrected chi connectivity index (χ4v) is 2.90. The molecular weight excluding hydrogens is 316 g/mol. The van der Waals surface area contributed by atoms with Crippen molar-refractivity contribution in [1.82, 2.24) is 19.8 Å². The van der Waals surface area contributed by atoms with Crippen molar-refractivity contribution in [3.05, 3.63) is 64.3 Å². The van der Waals surface area contributed by atoms with E-state index in [0.717, 1.165) is 28.2 Å². The Morgan fingerprint density at radius 2 is 1.92 bits per heavy atom. The molecule has 0 radical (unpaired) electrons. The van der Waals surface area contributed by atoms with Crippen LogP contribution in [-0.4, -0.2) is 32.8 Å². The molecule has 0 saturated heterocycles. The molecule has 3 rings (SSSR count). The second-order valence-electron chi connectivity index (χ2n) is 6.34. The Hall–Kier alpha value is -2.89. The zero-order valence-electron chi connectivity index (χ0n) is 15.2. The summed E-state index contributed by atoms with van der Waals surface area (Å²) in [6, 6.07) is 9.77. The van der Waals surface area contributed by atoms with Gasteiger partial charge in [-0.05, 0) is 39.3 Å². The average Bonchev–Trinajstić information content (AvgIpc) is 3.13. The SMILES string of the molecule is Cc1cc(C(=O)N(C)Cc2c(C)nn(-c3ccccc3C)c2C)on1. The molecule has 0 N–H and O–H groups in total. The molecule has 0 unspecified atom stereocenters. The molecule has 0 aliphatic carbocycles. The van der Waals surface area contributed by atoms with Gasteiger partial charge in [-0.3, -0.25) is 4.79 Å². The molecule has 1 aromatic carbocycles. The van der Waals surface area contributed by atoms with Crippen LogP contribution in [0.15, 0.2) is 34.9 Å². The third-order valence-corrected chi connectivity index (χ3v) is 4.37. The highest BCUT2D eigenvalue weighted by Crippen LogP contribution is 2.22. The highest BCUT2D eigenvalue weighted by Gasteiger charge is 2.21. The minimum Gasteiger partial charge on any atom is -0.351 e. The van der Waals surface area contributed by atoms with E-state index < -0.39 is 0 Å². The van der Waals surface area contributed by atoms with Crippen LogP contribution >= 0.6 is 0 Å². The summed E-state index contributed by atoms with van der Waals surface area (Å²) in [5.74, 6) is 0.0599. The molecule has 1 amide bonds. The maximum atomic E-state index is 12.5. The fraction of sp³-hybridized carbons (Fsp3) is 0.316. The first kappa shape index (κ1) is 17.0. The van der Waals surface area contributed by atoms with E-state index in [-0.39, 0.29) is 11.7 Å². The summed E-state index contributed by atoms with van der Waals surface area (Å²) in [7, 11) is 1.75. The summed E-state index contributed by atoms with van der Waals surface area (Å²) < 4.78 is 7.01. The summed E-state index contributed by atoms with van der Waals surface area (Å²) in [6.45, 7) is 8.31. The summed E-state index contributed by atoms with van der Waals surface area (Å²) in [5.41, 5.74) is 5.87. The Morgan fingerprint density at radius 1 is 1.20 bits per heavy atom. The lowest BCUT2D eigenvalue weighted by molar-refractivity contribution is 0.0743. The van der Waals surface area contributed by atoms with Crippen molar-refractivity contribution in [3.8, 4) is 5.69 Å². The second-order valence-corrected chi connectivity index (χ2v) is 6.34. The number of aryl methyl sites for hydroxylation is 3. The maximum Gasteiger partial charge on any atom is 0.292 e. The van der Waals surface area contributed by atoms with Crippen LogP contribution in [0.5, 0.6) is 0 Å². The monoisotopic (exact) mass is 338 g/mol. The van der Waals surface area contributed by atoms with Crippen LogP contribution in [0.1, 0.15) is 38.8 Å². The first-order valence-electron chi connectivity index (χ1n) is 8.18. The number of carbonyl (C=O) groups is 1. The topological polar surface area (TPSA) is 64.2 Å². The van der Waals surface area contributed by atoms with Gasteiger partial charge in [-0.25, -0.2) is 4.68 Å². The van der Waals surface area contributed by atoms with Crippen LogP contribution < -0.4 is 0 Å². The molecule has 2 heterocycles. The molecule has 130 valence electrons. The number of nitrogens with zero attached hydrogens (tertiary/aromatic N) is 4. The van der Waals surface area contributed by atoms with Crippen molar-refractivity contribution in [2.45, 2.75) is 34.2 Å². The summed E-state index contributed by atoms with van der Waals surface area (Å²) >= 11 is 0. The van der Waals surface area contributed by atoms with Gasteiger partial charge in [-0.15, -0.1) is 0 Å². The number of amides is 1. The quantitative estimate of drug-likeness (QED) is 0.732. The zero-order valence-corrected chi connectivity index (χ0v) is 15.2. The summed E-state index contributed by atoms with van der Waals surface area (Å²) in [6.07, 6.45) is 0. The van der Waals surface area contributed by atoms with E-state index >= 15 is 0 Å². The van der Waals surface area contributed by atoms with Gasteiger partial charge in [0.05, 0.1) is 17.1 Å². The Bertz CT molecular complexity index is 923. The number of aromatic nitrogens is 3. The van der Waals surface area contributed by atoms with Gasteiger partial charge in [-0.1, -0.05) is 23.4 Å². The van der Waals surface area contributed by atoms with Crippen molar-refractivity contribution in [2.24, 2.45) is 0 Å². The van der Waals surface area contributed by atoms with Gasteiger partial charge in [0.1, 0.15) is 0 Å². The maximum absolute atomic E-state index is 12.5. The fourth-order valence-electron chi connectivity index (χ4n) is 2.90. The number of hydrogen-bond donors (Lipinski definition) is 0. The third kappa shape index (κ3) is 3.20. The Labute approximate surface area is 147 Å². The minimum absolute atomic E-state index is 0.192. The number of para-hydroxylation sites is 1. The van der Waals surface area contributed by atoms with E-state index in [1.807, 2.05) is 36.7 Å². The molecule has 6 nitrogen and oxygen atoms in total. The molecule has 0 bridgehead atoms. The lowest BCUT2D eigenvalue weighted by atomic mass is 10.1. The van der Waals surface area contributed by atoms with Crippen LogP contribution in [0.2, 0.25) is 0 Å². The van der Waals surface area contributed by atoms with Crippen molar-refractivity contribution < 1.29 is 9.32 Å². The van der Waals surface area contributed by atoms with Gasteiger partial charge >= 0.3 is 0 Å². The first-order chi connectivity index (χ1) is 11.9. The van der Waals surface area contributed by atoms with Crippen molar-refractivity contribution in [3.63, 3.8) is 0 Å². The molecule has 0 spiro atoms. The largest absolute Gasteiger partial charge is 0.351 e. The molecule has 2 aromatic heterocycles. The molecule has 0 fully saturated rings. The Morgan fingerprint density at radius 3 is 2.56 bits per heavy atom. The lowest BCUT2D eigenvalue weighted by Crippen LogP contribution is -2.26. The third-order valence-electron chi connectivity index (χ3n) is 4.37. The van der Waals surface area contributed by atoms with Gasteiger partial charge in [0.15, 0.2) is 0 Å². The van der Waals surface area contributed by atoms with E-state index in [4.69, 9.17) is 4.52 Å². The molecular formula is C19H22N4O2. The predicted molar refractivity (Wildman–Crippen MR) is 94.8 cm³/mol. The Kier molecular flexibility index (Phi) is 4.44. The Balaban J connectivity index is 1.89. The number of hydrogen-bond acceptors (Lipinski definition) is 4. The van der Waals surface area contributed by atoms with E-state index in [0.29, 0.717) is 12.2 Å². The summed E-state index contributed by atoms with van der Waals surface area (Å²) in [4.78, 5) is 14.1. The van der Waals surface area contributed by atoms with Gasteiger partial charge in [0.2, 0.25) is 5.76 Å². The standard InChI is InChI=1S/C19H22N4O2/c1-12-8-6-7-9-17(12)23-15(4)16(14(3)20-23)11-22(5)19(24)18-10-13(2)21-25-18/h6-10H,11H2,1-5H3. The predicted octanol–water partition coefficient (Wildman–Crippen LogP) is 3.37. The van der Waals surface area contributed by atoms with E-state index in [1.165, 1.54) is 0 Å². The van der Waals surface area contributed by atoms with Gasteiger partial charge in [0.25, 0.3) is 5.91 Å². The van der Waals surface area contributed by atoms with Gasteiger partial charge in [0, 0.05) is 30.9 Å². The molecule has 6 heteroatoms. The van der Waals surface area contributed by atoms with Crippen molar-refractivity contribution in [1.29, 1.82) is 0 Å². The normalized spacial score (nSPS) is 10.9. The van der Waals surface area contributed by atoms with Crippen molar-refractivity contribution in [2.75, 3.05) is 7.05 Å². The molecule has 0 aliphatic rings. The van der Waals surface area contributed by atoms with Gasteiger partial charge < -0.3 is 9.42 Å². The number of benzene rings is 1. The minimum atomic E-state index is -0.192. The molecule has 3 aromatic rings. The van der Waals surface area contributed by atoms with E-state index in [9.17, 15) is 4.79 Å². The van der Waals surface area contributed by atoms with Crippen LogP contribution in [0, 0.1) is 27.7 Å². The highest BCUT2D eigenvalue weighted by molar-refractivity contribution is 5.91. The van der Waals surface area contributed by atoms with E-state index in [2.05, 4.69) is 23.2 Å². The second kappa shape index (κ2) is 6.55. The molecule has 0 aliphatic heterocycles. The molecule has 25 heavy (non-hydrogen) atoms. The smallest absolute Gasteiger partial charge is 0.292 e. The van der Waals surface area contributed by atoms with Crippen LogP contribution in [0.3, 0.4) is 0 Å². The van der Waals surface area contributed by atoms with Crippen LogP contribution in [-0.2, 0) is 6.54 Å². The van der Waals surface area contributed by atoms with Crippen LogP contribution in [0.25, 0.3) is 5.69 Å². The number of rotatable bonds is 4. The summed E-state index contributed by atoms with van der Waals surface area (Å²) in [5, 5.41) is 8.45. The number of carbonyl (C=O) groups excluding carboxylic acids is 1. The van der Waals surface area contributed by atoms with E-state index in [1.54, 1.807) is 24.9 Å².